The second-order valence-corrected chi connectivity index (χ2v) is 6.38. The molecule has 1 aliphatic rings. The van der Waals surface area contributed by atoms with Crippen LogP contribution in [0.1, 0.15) is 28.3 Å². The number of piperidine rings is 1. The third kappa shape index (κ3) is 3.40. The van der Waals surface area contributed by atoms with Gasteiger partial charge in [0.15, 0.2) is 0 Å². The first-order valence-corrected chi connectivity index (χ1v) is 8.33. The minimum absolute atomic E-state index is 0.0645. The number of carbonyl (C=O) groups excluding carboxylic acids is 1. The van der Waals surface area contributed by atoms with Crippen LogP contribution in [0.2, 0.25) is 5.02 Å². The average molecular weight is 346 g/mol. The SMILES string of the molecule is COc1ccc(C(=O)N2CC[C@H](c3ccccc3)[C@H](O)C2)cc1Cl. The van der Waals surface area contributed by atoms with Gasteiger partial charge in [0, 0.05) is 24.6 Å². The molecule has 0 aromatic heterocycles. The van der Waals surface area contributed by atoms with Crippen molar-refractivity contribution in [2.75, 3.05) is 20.2 Å². The van der Waals surface area contributed by atoms with Gasteiger partial charge < -0.3 is 14.7 Å². The first-order chi connectivity index (χ1) is 11.6. The van der Waals surface area contributed by atoms with E-state index in [1.165, 1.54) is 7.11 Å². The van der Waals surface area contributed by atoms with Crippen LogP contribution in [0.3, 0.4) is 0 Å². The third-order valence-corrected chi connectivity index (χ3v) is 4.79. The number of hydrogen-bond donors (Lipinski definition) is 1. The van der Waals surface area contributed by atoms with Gasteiger partial charge in [-0.25, -0.2) is 0 Å². The number of aliphatic hydroxyl groups excluding tert-OH is 1. The molecule has 1 amide bonds. The Morgan fingerprint density at radius 3 is 2.62 bits per heavy atom. The Kier molecular flexibility index (Phi) is 5.07. The summed E-state index contributed by atoms with van der Waals surface area (Å²) in [6.07, 6.45) is 0.166. The zero-order valence-electron chi connectivity index (χ0n) is 13.5. The maximum atomic E-state index is 12.7. The number of ether oxygens (including phenoxy) is 1. The fourth-order valence-corrected chi connectivity index (χ4v) is 3.44. The van der Waals surface area contributed by atoms with Gasteiger partial charge in [-0.05, 0) is 30.2 Å². The molecule has 1 aliphatic heterocycles. The van der Waals surface area contributed by atoms with Crippen molar-refractivity contribution in [3.05, 3.63) is 64.7 Å². The number of hydrogen-bond acceptors (Lipinski definition) is 3. The van der Waals surface area contributed by atoms with Crippen molar-refractivity contribution in [1.29, 1.82) is 0 Å². The lowest BCUT2D eigenvalue weighted by Gasteiger charge is -2.36. The smallest absolute Gasteiger partial charge is 0.253 e. The fraction of sp³-hybridized carbons (Fsp3) is 0.316. The molecule has 4 nitrogen and oxygen atoms in total. The van der Waals surface area contributed by atoms with E-state index in [0.717, 1.165) is 12.0 Å². The number of carbonyl (C=O) groups is 1. The molecule has 2 aromatic carbocycles. The Balaban J connectivity index is 1.71. The van der Waals surface area contributed by atoms with Crippen molar-refractivity contribution >= 4 is 17.5 Å². The molecule has 0 bridgehead atoms. The van der Waals surface area contributed by atoms with Gasteiger partial charge >= 0.3 is 0 Å². The summed E-state index contributed by atoms with van der Waals surface area (Å²) in [5.41, 5.74) is 1.62. The summed E-state index contributed by atoms with van der Waals surface area (Å²) >= 11 is 6.10. The van der Waals surface area contributed by atoms with Crippen LogP contribution in [0.4, 0.5) is 0 Å². The molecular weight excluding hydrogens is 326 g/mol. The number of nitrogens with zero attached hydrogens (tertiary/aromatic N) is 1. The number of halogens is 1. The van der Waals surface area contributed by atoms with Crippen LogP contribution < -0.4 is 4.74 Å². The van der Waals surface area contributed by atoms with E-state index >= 15 is 0 Å². The van der Waals surface area contributed by atoms with Gasteiger partial charge in [-0.15, -0.1) is 0 Å². The van der Waals surface area contributed by atoms with Gasteiger partial charge in [-0.1, -0.05) is 41.9 Å². The lowest BCUT2D eigenvalue weighted by molar-refractivity contribution is 0.0382. The van der Waals surface area contributed by atoms with Gasteiger partial charge in [-0.2, -0.15) is 0 Å². The predicted molar refractivity (Wildman–Crippen MR) is 93.7 cm³/mol. The monoisotopic (exact) mass is 345 g/mol. The molecule has 3 rings (SSSR count). The van der Waals surface area contributed by atoms with Gasteiger partial charge in [-0.3, -0.25) is 4.79 Å². The molecule has 0 aliphatic carbocycles. The summed E-state index contributed by atoms with van der Waals surface area (Å²) in [6, 6.07) is 14.9. The van der Waals surface area contributed by atoms with E-state index in [9.17, 15) is 9.90 Å². The number of likely N-dealkylation sites (tertiary alicyclic amines) is 1. The predicted octanol–water partition coefficient (Wildman–Crippen LogP) is 3.34. The largest absolute Gasteiger partial charge is 0.495 e. The van der Waals surface area contributed by atoms with Crippen molar-refractivity contribution in [2.45, 2.75) is 18.4 Å². The van der Waals surface area contributed by atoms with Crippen molar-refractivity contribution in [3.8, 4) is 5.75 Å². The fourth-order valence-electron chi connectivity index (χ4n) is 3.19. The maximum absolute atomic E-state index is 12.7. The molecular formula is C19H20ClNO3. The summed E-state index contributed by atoms with van der Waals surface area (Å²) < 4.78 is 5.11. The molecule has 2 atom stereocenters. The third-order valence-electron chi connectivity index (χ3n) is 4.50. The number of β-amino-alcohol motifs (C(OH)–C–C–N with tert-alkyl or cyclic N) is 1. The standard InChI is InChI=1S/C19H20ClNO3/c1-24-18-8-7-14(11-16(18)20)19(23)21-10-9-15(17(22)12-21)13-5-3-2-4-6-13/h2-8,11,15,17,22H,9-10,12H2,1H3/t15-,17-/m1/s1. The molecule has 1 fully saturated rings. The highest BCUT2D eigenvalue weighted by Gasteiger charge is 2.31. The zero-order chi connectivity index (χ0) is 17.1. The van der Waals surface area contributed by atoms with Crippen molar-refractivity contribution < 1.29 is 14.6 Å². The van der Waals surface area contributed by atoms with Crippen LogP contribution in [-0.2, 0) is 0 Å². The molecule has 1 N–H and O–H groups in total. The van der Waals surface area contributed by atoms with E-state index in [1.807, 2.05) is 30.3 Å². The van der Waals surface area contributed by atoms with E-state index in [-0.39, 0.29) is 11.8 Å². The van der Waals surface area contributed by atoms with Crippen LogP contribution in [0.5, 0.6) is 5.75 Å². The summed E-state index contributed by atoms with van der Waals surface area (Å²) in [7, 11) is 1.54. The maximum Gasteiger partial charge on any atom is 0.253 e. The molecule has 126 valence electrons. The highest BCUT2D eigenvalue weighted by atomic mass is 35.5. The van der Waals surface area contributed by atoms with Crippen molar-refractivity contribution in [2.24, 2.45) is 0 Å². The second-order valence-electron chi connectivity index (χ2n) is 5.97. The Morgan fingerprint density at radius 1 is 1.25 bits per heavy atom. The number of aliphatic hydroxyl groups is 1. The summed E-state index contributed by atoms with van der Waals surface area (Å²) in [5, 5.41) is 10.9. The molecule has 0 spiro atoms. The molecule has 5 heteroatoms. The molecule has 2 aromatic rings. The van der Waals surface area contributed by atoms with Crippen LogP contribution in [0, 0.1) is 0 Å². The van der Waals surface area contributed by atoms with E-state index in [0.29, 0.717) is 29.4 Å². The van der Waals surface area contributed by atoms with E-state index in [2.05, 4.69) is 0 Å². The molecule has 24 heavy (non-hydrogen) atoms. The minimum Gasteiger partial charge on any atom is -0.495 e. The van der Waals surface area contributed by atoms with E-state index < -0.39 is 6.10 Å². The van der Waals surface area contributed by atoms with Gasteiger partial charge in [0.25, 0.3) is 5.91 Å². The zero-order valence-corrected chi connectivity index (χ0v) is 14.2. The van der Waals surface area contributed by atoms with Crippen molar-refractivity contribution in [1.82, 2.24) is 4.90 Å². The Morgan fingerprint density at radius 2 is 2.00 bits per heavy atom. The topological polar surface area (TPSA) is 49.8 Å². The Hall–Kier alpha value is -2.04. The summed E-state index contributed by atoms with van der Waals surface area (Å²) in [4.78, 5) is 14.3. The highest BCUT2D eigenvalue weighted by molar-refractivity contribution is 6.32. The van der Waals surface area contributed by atoms with E-state index in [4.69, 9.17) is 16.3 Å². The number of methoxy groups -OCH3 is 1. The first-order valence-electron chi connectivity index (χ1n) is 7.96. The van der Waals surface area contributed by atoms with Gasteiger partial charge in [0.2, 0.25) is 0 Å². The van der Waals surface area contributed by atoms with Gasteiger partial charge in [0.05, 0.1) is 18.2 Å². The Labute approximate surface area is 146 Å². The number of rotatable bonds is 3. The highest BCUT2D eigenvalue weighted by Crippen LogP contribution is 2.30. The summed E-state index contributed by atoms with van der Waals surface area (Å²) in [6.45, 7) is 0.932. The van der Waals surface area contributed by atoms with Crippen LogP contribution in [0.15, 0.2) is 48.5 Å². The van der Waals surface area contributed by atoms with Crippen LogP contribution in [-0.4, -0.2) is 42.2 Å². The lowest BCUT2D eigenvalue weighted by atomic mass is 9.87. The van der Waals surface area contributed by atoms with Crippen molar-refractivity contribution in [3.63, 3.8) is 0 Å². The summed E-state index contributed by atoms with van der Waals surface area (Å²) in [5.74, 6) is 0.482. The molecule has 1 heterocycles. The average Bonchev–Trinajstić information content (AvgIpc) is 2.61. The van der Waals surface area contributed by atoms with Gasteiger partial charge in [0.1, 0.15) is 5.75 Å². The minimum atomic E-state index is -0.571. The number of amides is 1. The van der Waals surface area contributed by atoms with E-state index in [1.54, 1.807) is 23.1 Å². The lowest BCUT2D eigenvalue weighted by Crippen LogP contribution is -2.45. The molecule has 0 radical (unpaired) electrons. The second kappa shape index (κ2) is 7.24. The molecule has 0 unspecified atom stereocenters. The van der Waals surface area contributed by atoms with Crippen LogP contribution >= 0.6 is 11.6 Å². The molecule has 0 saturated carbocycles. The molecule has 1 saturated heterocycles. The quantitative estimate of drug-likeness (QED) is 0.928. The number of benzene rings is 2. The van der Waals surface area contributed by atoms with Crippen LogP contribution in [0.25, 0.3) is 0 Å². The normalized spacial score (nSPS) is 20.7. The first kappa shape index (κ1) is 16.8. The Bertz CT molecular complexity index is 720.